The number of piperazine rings is 1. The van der Waals surface area contributed by atoms with E-state index in [0.29, 0.717) is 5.92 Å². The Morgan fingerprint density at radius 1 is 1.19 bits per heavy atom. The maximum atomic E-state index is 13.8. The van der Waals surface area contributed by atoms with Gasteiger partial charge in [0.2, 0.25) is 10.0 Å². The fourth-order valence-electron chi connectivity index (χ4n) is 2.95. The van der Waals surface area contributed by atoms with Gasteiger partial charge in [0, 0.05) is 26.2 Å². The summed E-state index contributed by atoms with van der Waals surface area (Å²) < 4.78 is 45.0. The molecule has 0 N–H and O–H groups in total. The number of sulfonamides is 1. The smallest absolute Gasteiger partial charge is 0.309 e. The zero-order chi connectivity index (χ0) is 18.9. The molecule has 0 aromatic heterocycles. The molecule has 1 saturated heterocycles. The first-order valence-electron chi connectivity index (χ1n) is 8.50. The summed E-state index contributed by atoms with van der Waals surface area (Å²) in [6, 6.07) is 5.21. The first kappa shape index (κ1) is 18.8. The maximum absolute atomic E-state index is 13.8. The predicted octanol–water partition coefficient (Wildman–Crippen LogP) is 0.858. The SMILES string of the molecule is C[C@@H]1C[C@@H]1C(=O)OCC(=O)N1CCN(S(=O)(=O)c2ccccc2F)CC1. The van der Waals surface area contributed by atoms with E-state index in [2.05, 4.69) is 0 Å². The maximum Gasteiger partial charge on any atom is 0.309 e. The third kappa shape index (κ3) is 3.88. The lowest BCUT2D eigenvalue weighted by Gasteiger charge is -2.33. The molecule has 2 atom stereocenters. The molecule has 1 saturated carbocycles. The van der Waals surface area contributed by atoms with Crippen LogP contribution in [0.4, 0.5) is 4.39 Å². The number of ether oxygens (including phenoxy) is 1. The Labute approximate surface area is 151 Å². The largest absolute Gasteiger partial charge is 0.455 e. The number of hydrogen-bond donors (Lipinski definition) is 0. The molecule has 142 valence electrons. The van der Waals surface area contributed by atoms with Crippen LogP contribution in [0.15, 0.2) is 29.2 Å². The van der Waals surface area contributed by atoms with E-state index in [4.69, 9.17) is 4.74 Å². The lowest BCUT2D eigenvalue weighted by atomic mass is 10.3. The molecule has 3 rings (SSSR count). The number of carbonyl (C=O) groups is 2. The third-order valence-electron chi connectivity index (χ3n) is 4.80. The number of amides is 1. The Kier molecular flexibility index (Phi) is 5.29. The van der Waals surface area contributed by atoms with E-state index >= 15 is 0 Å². The number of halogens is 1. The van der Waals surface area contributed by atoms with Crippen molar-refractivity contribution in [1.82, 2.24) is 9.21 Å². The van der Waals surface area contributed by atoms with Crippen molar-refractivity contribution >= 4 is 21.9 Å². The van der Waals surface area contributed by atoms with Crippen LogP contribution in [0.1, 0.15) is 13.3 Å². The quantitative estimate of drug-likeness (QED) is 0.703. The minimum atomic E-state index is -3.94. The molecule has 1 aromatic rings. The first-order valence-corrected chi connectivity index (χ1v) is 9.94. The van der Waals surface area contributed by atoms with E-state index in [1.165, 1.54) is 23.1 Å². The van der Waals surface area contributed by atoms with Crippen molar-refractivity contribution in [2.24, 2.45) is 11.8 Å². The van der Waals surface area contributed by atoms with Gasteiger partial charge in [-0.25, -0.2) is 12.8 Å². The zero-order valence-corrected chi connectivity index (χ0v) is 15.2. The topological polar surface area (TPSA) is 84.0 Å². The van der Waals surface area contributed by atoms with Gasteiger partial charge in [0.05, 0.1) is 5.92 Å². The van der Waals surface area contributed by atoms with Gasteiger partial charge < -0.3 is 9.64 Å². The van der Waals surface area contributed by atoms with Gasteiger partial charge in [-0.1, -0.05) is 19.1 Å². The van der Waals surface area contributed by atoms with E-state index in [1.54, 1.807) is 0 Å². The average Bonchev–Trinajstić information content (AvgIpc) is 3.36. The highest BCUT2D eigenvalue weighted by Gasteiger charge is 2.41. The summed E-state index contributed by atoms with van der Waals surface area (Å²) in [5, 5.41) is 0. The zero-order valence-electron chi connectivity index (χ0n) is 14.4. The molecule has 0 bridgehead atoms. The van der Waals surface area contributed by atoms with Gasteiger partial charge in [0.1, 0.15) is 10.7 Å². The van der Waals surface area contributed by atoms with Gasteiger partial charge in [-0.2, -0.15) is 4.31 Å². The van der Waals surface area contributed by atoms with Crippen molar-refractivity contribution in [1.29, 1.82) is 0 Å². The lowest BCUT2D eigenvalue weighted by Crippen LogP contribution is -2.51. The highest BCUT2D eigenvalue weighted by atomic mass is 32.2. The molecule has 0 unspecified atom stereocenters. The van der Waals surface area contributed by atoms with Crippen molar-refractivity contribution in [2.75, 3.05) is 32.8 Å². The third-order valence-corrected chi connectivity index (χ3v) is 6.73. The Morgan fingerprint density at radius 2 is 1.81 bits per heavy atom. The summed E-state index contributed by atoms with van der Waals surface area (Å²) in [6.45, 7) is 2.09. The van der Waals surface area contributed by atoms with E-state index in [1.807, 2.05) is 6.92 Å². The summed E-state index contributed by atoms with van der Waals surface area (Å²) >= 11 is 0. The van der Waals surface area contributed by atoms with Crippen molar-refractivity contribution in [3.63, 3.8) is 0 Å². The number of hydrogen-bond acceptors (Lipinski definition) is 5. The normalized spacial score (nSPS) is 23.5. The molecule has 9 heteroatoms. The first-order chi connectivity index (χ1) is 12.3. The van der Waals surface area contributed by atoms with Crippen LogP contribution in [0.2, 0.25) is 0 Å². The van der Waals surface area contributed by atoms with Crippen LogP contribution in [0.3, 0.4) is 0 Å². The molecular formula is C17H21FN2O5S. The van der Waals surface area contributed by atoms with Crippen molar-refractivity contribution in [3.05, 3.63) is 30.1 Å². The number of carbonyl (C=O) groups excluding carboxylic acids is 2. The van der Waals surface area contributed by atoms with Crippen LogP contribution >= 0.6 is 0 Å². The molecule has 1 heterocycles. The average molecular weight is 384 g/mol. The fraction of sp³-hybridized carbons (Fsp3) is 0.529. The Balaban J connectivity index is 1.53. The summed E-state index contributed by atoms with van der Waals surface area (Å²) in [4.78, 5) is 24.9. The summed E-state index contributed by atoms with van der Waals surface area (Å²) in [5.41, 5.74) is 0. The van der Waals surface area contributed by atoms with Gasteiger partial charge in [0.25, 0.3) is 5.91 Å². The van der Waals surface area contributed by atoms with Crippen LogP contribution in [0.25, 0.3) is 0 Å². The molecule has 1 aliphatic heterocycles. The van der Waals surface area contributed by atoms with Crippen molar-refractivity contribution < 1.29 is 27.1 Å². The fourth-order valence-corrected chi connectivity index (χ4v) is 4.44. The molecule has 2 aliphatic rings. The monoisotopic (exact) mass is 384 g/mol. The molecule has 1 aromatic carbocycles. The lowest BCUT2D eigenvalue weighted by molar-refractivity contribution is -0.153. The van der Waals surface area contributed by atoms with Crippen LogP contribution in [-0.2, 0) is 24.3 Å². The van der Waals surface area contributed by atoms with E-state index in [9.17, 15) is 22.4 Å². The molecular weight excluding hydrogens is 363 g/mol. The second kappa shape index (κ2) is 7.32. The number of nitrogens with zero attached hydrogens (tertiary/aromatic N) is 2. The summed E-state index contributed by atoms with van der Waals surface area (Å²) in [5.74, 6) is -1.30. The van der Waals surface area contributed by atoms with Crippen LogP contribution < -0.4 is 0 Å². The molecule has 1 aliphatic carbocycles. The Hall–Kier alpha value is -2.00. The van der Waals surface area contributed by atoms with Gasteiger partial charge in [-0.3, -0.25) is 9.59 Å². The Bertz CT molecular complexity index is 805. The predicted molar refractivity (Wildman–Crippen MR) is 90.0 cm³/mol. The van der Waals surface area contributed by atoms with Crippen molar-refractivity contribution in [3.8, 4) is 0 Å². The second-order valence-corrected chi connectivity index (χ2v) is 8.55. The van der Waals surface area contributed by atoms with Crippen LogP contribution in [-0.4, -0.2) is 62.3 Å². The number of esters is 1. The standard InChI is InChI=1S/C17H21FN2O5S/c1-12-10-13(12)17(22)25-11-16(21)19-6-8-20(9-7-19)26(23,24)15-5-3-2-4-14(15)18/h2-5,12-13H,6-11H2,1H3/t12-,13+/m1/s1. The molecule has 2 fully saturated rings. The van der Waals surface area contributed by atoms with E-state index in [0.717, 1.165) is 16.8 Å². The minimum absolute atomic E-state index is 0.0655. The van der Waals surface area contributed by atoms with Gasteiger partial charge >= 0.3 is 5.97 Å². The molecule has 1 amide bonds. The van der Waals surface area contributed by atoms with E-state index < -0.39 is 15.8 Å². The molecule has 26 heavy (non-hydrogen) atoms. The molecule has 7 nitrogen and oxygen atoms in total. The number of benzene rings is 1. The molecule has 0 spiro atoms. The van der Waals surface area contributed by atoms with Gasteiger partial charge in [0.15, 0.2) is 6.61 Å². The van der Waals surface area contributed by atoms with Crippen LogP contribution in [0, 0.1) is 17.7 Å². The minimum Gasteiger partial charge on any atom is -0.455 e. The highest BCUT2D eigenvalue weighted by Crippen LogP contribution is 2.38. The second-order valence-electron chi connectivity index (χ2n) is 6.64. The summed E-state index contributed by atoms with van der Waals surface area (Å²) in [7, 11) is -3.94. The number of rotatable bonds is 5. The van der Waals surface area contributed by atoms with Crippen molar-refractivity contribution in [2.45, 2.75) is 18.2 Å². The van der Waals surface area contributed by atoms with Gasteiger partial charge in [-0.05, 0) is 24.5 Å². The van der Waals surface area contributed by atoms with E-state index in [-0.39, 0.29) is 55.5 Å². The molecule has 0 radical (unpaired) electrons. The van der Waals surface area contributed by atoms with Crippen LogP contribution in [0.5, 0.6) is 0 Å². The Morgan fingerprint density at radius 3 is 2.38 bits per heavy atom. The van der Waals surface area contributed by atoms with Gasteiger partial charge in [-0.15, -0.1) is 0 Å². The highest BCUT2D eigenvalue weighted by molar-refractivity contribution is 7.89. The summed E-state index contributed by atoms with van der Waals surface area (Å²) in [6.07, 6.45) is 0.791.